The molecule has 3 rings (SSSR count). The molecule has 0 fully saturated rings. The summed E-state index contributed by atoms with van der Waals surface area (Å²) in [7, 11) is 1.57. The molecule has 0 aliphatic heterocycles. The van der Waals surface area contributed by atoms with Crippen molar-refractivity contribution in [1.29, 1.82) is 0 Å². The number of hydrogen-bond donors (Lipinski definition) is 0. The van der Waals surface area contributed by atoms with Gasteiger partial charge in [0.15, 0.2) is 0 Å². The second-order valence-corrected chi connectivity index (χ2v) is 6.71. The molecule has 1 unspecified atom stereocenters. The van der Waals surface area contributed by atoms with Crippen LogP contribution in [0, 0.1) is 0 Å². The molecule has 0 aliphatic carbocycles. The third-order valence-corrected chi connectivity index (χ3v) is 4.47. The van der Waals surface area contributed by atoms with Crippen LogP contribution >= 0.6 is 0 Å². The van der Waals surface area contributed by atoms with Crippen LogP contribution < -0.4 is 9.47 Å². The maximum Gasteiger partial charge on any atom is 0.343 e. The Hall–Kier alpha value is -3.60. The summed E-state index contributed by atoms with van der Waals surface area (Å²) in [5.74, 6) is 0.265. The first-order valence-corrected chi connectivity index (χ1v) is 9.14. The second-order valence-electron chi connectivity index (χ2n) is 6.71. The van der Waals surface area contributed by atoms with E-state index in [1.165, 1.54) is 0 Å². The van der Waals surface area contributed by atoms with Crippen LogP contribution in [0.1, 0.15) is 35.9 Å². The Morgan fingerprint density at radius 1 is 0.897 bits per heavy atom. The first-order chi connectivity index (χ1) is 13.9. The molecule has 0 spiro atoms. The number of carbonyl (C=O) groups excluding carboxylic acids is 2. The van der Waals surface area contributed by atoms with Gasteiger partial charge in [0.05, 0.1) is 12.7 Å². The number of carbonyl (C=O) groups is 2. The molecule has 5 heteroatoms. The molecule has 3 aromatic carbocycles. The van der Waals surface area contributed by atoms with Crippen LogP contribution in [0.4, 0.5) is 0 Å². The lowest BCUT2D eigenvalue weighted by molar-refractivity contribution is -0.143. The summed E-state index contributed by atoms with van der Waals surface area (Å²) >= 11 is 0. The molecule has 0 bridgehead atoms. The van der Waals surface area contributed by atoms with E-state index in [1.807, 2.05) is 31.2 Å². The molecule has 0 aromatic heterocycles. The third-order valence-electron chi connectivity index (χ3n) is 4.47. The van der Waals surface area contributed by atoms with Crippen LogP contribution in [0.3, 0.4) is 0 Å². The van der Waals surface area contributed by atoms with Crippen LogP contribution in [0.25, 0.3) is 10.8 Å². The van der Waals surface area contributed by atoms with Gasteiger partial charge in [-0.1, -0.05) is 24.8 Å². The molecule has 5 nitrogen and oxygen atoms in total. The quantitative estimate of drug-likeness (QED) is 0.327. The monoisotopic (exact) mass is 390 g/mol. The van der Waals surface area contributed by atoms with E-state index in [2.05, 4.69) is 6.58 Å². The minimum Gasteiger partial charge on any atom is -0.497 e. The summed E-state index contributed by atoms with van der Waals surface area (Å²) in [5, 5.41) is 1.86. The van der Waals surface area contributed by atoms with Crippen molar-refractivity contribution in [1.82, 2.24) is 0 Å². The van der Waals surface area contributed by atoms with Gasteiger partial charge < -0.3 is 14.2 Å². The number of hydrogen-bond acceptors (Lipinski definition) is 5. The Kier molecular flexibility index (Phi) is 5.98. The van der Waals surface area contributed by atoms with Crippen LogP contribution in [-0.2, 0) is 9.53 Å². The molecule has 0 heterocycles. The molecule has 29 heavy (non-hydrogen) atoms. The summed E-state index contributed by atoms with van der Waals surface area (Å²) < 4.78 is 15.9. The molecular weight excluding hydrogens is 368 g/mol. The zero-order chi connectivity index (χ0) is 21.0. The van der Waals surface area contributed by atoms with Crippen molar-refractivity contribution in [3.8, 4) is 11.5 Å². The summed E-state index contributed by atoms with van der Waals surface area (Å²) in [6.45, 7) is 7.02. The van der Waals surface area contributed by atoms with Gasteiger partial charge in [0.25, 0.3) is 0 Å². The topological polar surface area (TPSA) is 61.8 Å². The van der Waals surface area contributed by atoms with Gasteiger partial charge in [0, 0.05) is 5.57 Å². The Labute approximate surface area is 169 Å². The first kappa shape index (κ1) is 20.1. The van der Waals surface area contributed by atoms with E-state index in [-0.39, 0.29) is 0 Å². The van der Waals surface area contributed by atoms with Crippen molar-refractivity contribution in [2.75, 3.05) is 7.11 Å². The zero-order valence-corrected chi connectivity index (χ0v) is 16.6. The molecule has 148 valence electrons. The number of benzene rings is 3. The van der Waals surface area contributed by atoms with Gasteiger partial charge in [0.1, 0.15) is 17.6 Å². The number of rotatable bonds is 6. The van der Waals surface area contributed by atoms with Crippen molar-refractivity contribution in [2.24, 2.45) is 0 Å². The molecule has 0 radical (unpaired) electrons. The van der Waals surface area contributed by atoms with Crippen LogP contribution in [0.5, 0.6) is 11.5 Å². The summed E-state index contributed by atoms with van der Waals surface area (Å²) in [5.41, 5.74) is 1.67. The maximum absolute atomic E-state index is 12.3. The van der Waals surface area contributed by atoms with Crippen molar-refractivity contribution in [3.63, 3.8) is 0 Å². The average molecular weight is 390 g/mol. The fourth-order valence-electron chi connectivity index (χ4n) is 2.78. The minimum atomic E-state index is -0.441. The van der Waals surface area contributed by atoms with E-state index in [4.69, 9.17) is 14.2 Å². The lowest BCUT2D eigenvalue weighted by Crippen LogP contribution is -2.09. The van der Waals surface area contributed by atoms with Crippen LogP contribution in [0.15, 0.2) is 72.8 Å². The summed E-state index contributed by atoms with van der Waals surface area (Å²) in [6, 6.07) is 17.9. The van der Waals surface area contributed by atoms with Crippen molar-refractivity contribution in [3.05, 3.63) is 83.9 Å². The molecule has 3 aromatic rings. The Morgan fingerprint density at radius 3 is 2.17 bits per heavy atom. The predicted molar refractivity (Wildman–Crippen MR) is 111 cm³/mol. The van der Waals surface area contributed by atoms with E-state index in [1.54, 1.807) is 50.4 Å². The highest BCUT2D eigenvalue weighted by atomic mass is 16.5. The lowest BCUT2D eigenvalue weighted by Gasteiger charge is -2.14. The van der Waals surface area contributed by atoms with E-state index in [9.17, 15) is 9.59 Å². The standard InChI is InChI=1S/C24H22O5/c1-15(2)23(25)28-16(3)18-5-6-20-14-22(12-9-19(20)13-18)29-24(26)17-7-10-21(27-4)11-8-17/h5-14,16H,1H2,2-4H3. The van der Waals surface area contributed by atoms with Crippen molar-refractivity contribution >= 4 is 22.7 Å². The second kappa shape index (κ2) is 8.61. The molecular formula is C24H22O5. The molecule has 0 amide bonds. The van der Waals surface area contributed by atoms with Gasteiger partial charge in [-0.2, -0.15) is 0 Å². The first-order valence-electron chi connectivity index (χ1n) is 9.14. The average Bonchev–Trinajstić information content (AvgIpc) is 2.73. The van der Waals surface area contributed by atoms with Gasteiger partial charge in [0.2, 0.25) is 0 Å². The number of esters is 2. The van der Waals surface area contributed by atoms with Crippen LogP contribution in [0.2, 0.25) is 0 Å². The van der Waals surface area contributed by atoms with E-state index < -0.39 is 18.0 Å². The molecule has 0 N–H and O–H groups in total. The van der Waals surface area contributed by atoms with Crippen molar-refractivity contribution in [2.45, 2.75) is 20.0 Å². The molecule has 1 atom stereocenters. The smallest absolute Gasteiger partial charge is 0.343 e. The number of methoxy groups -OCH3 is 1. The fourth-order valence-corrected chi connectivity index (χ4v) is 2.78. The van der Waals surface area contributed by atoms with Gasteiger partial charge in [-0.3, -0.25) is 0 Å². The number of ether oxygens (including phenoxy) is 3. The van der Waals surface area contributed by atoms with Gasteiger partial charge in [-0.15, -0.1) is 0 Å². The lowest BCUT2D eigenvalue weighted by atomic mass is 10.0. The van der Waals surface area contributed by atoms with E-state index in [0.29, 0.717) is 22.6 Å². The summed E-state index contributed by atoms with van der Waals surface area (Å²) in [6.07, 6.45) is -0.392. The van der Waals surface area contributed by atoms with Crippen molar-refractivity contribution < 1.29 is 23.8 Å². The molecule has 0 saturated heterocycles. The predicted octanol–water partition coefficient (Wildman–Crippen LogP) is 5.25. The zero-order valence-electron chi connectivity index (χ0n) is 16.6. The maximum atomic E-state index is 12.3. The Balaban J connectivity index is 1.75. The van der Waals surface area contributed by atoms with E-state index >= 15 is 0 Å². The van der Waals surface area contributed by atoms with E-state index in [0.717, 1.165) is 16.3 Å². The minimum absolute atomic E-state index is 0.362. The largest absolute Gasteiger partial charge is 0.497 e. The van der Waals surface area contributed by atoms with Gasteiger partial charge in [-0.05, 0) is 72.6 Å². The molecule has 0 aliphatic rings. The van der Waals surface area contributed by atoms with Crippen LogP contribution in [-0.4, -0.2) is 19.0 Å². The highest BCUT2D eigenvalue weighted by molar-refractivity contribution is 5.92. The fraction of sp³-hybridized carbons (Fsp3) is 0.167. The SMILES string of the molecule is C=C(C)C(=O)OC(C)c1ccc2cc(OC(=O)c3ccc(OC)cc3)ccc2c1. The summed E-state index contributed by atoms with van der Waals surface area (Å²) in [4.78, 5) is 24.0. The van der Waals surface area contributed by atoms with Gasteiger partial charge >= 0.3 is 11.9 Å². The number of fused-ring (bicyclic) bond motifs is 1. The Bertz CT molecular complexity index is 1070. The van der Waals surface area contributed by atoms with Gasteiger partial charge in [-0.25, -0.2) is 9.59 Å². The highest BCUT2D eigenvalue weighted by Gasteiger charge is 2.13. The normalized spacial score (nSPS) is 11.6. The highest BCUT2D eigenvalue weighted by Crippen LogP contribution is 2.27. The Morgan fingerprint density at radius 2 is 1.52 bits per heavy atom. The molecule has 0 saturated carbocycles. The third kappa shape index (κ3) is 4.82.